The maximum atomic E-state index is 13.9. The molecule has 3 heterocycles. The average molecular weight is 465 g/mol. The first-order valence-corrected chi connectivity index (χ1v) is 10.9. The number of hydrogen-bond acceptors (Lipinski definition) is 5. The molecule has 0 radical (unpaired) electrons. The van der Waals surface area contributed by atoms with Crippen LogP contribution in [0.1, 0.15) is 47.0 Å². The first kappa shape index (κ1) is 22.9. The number of nitrogens with zero attached hydrogens (tertiary/aromatic N) is 4. The molecule has 1 aromatic heterocycles. The van der Waals surface area contributed by atoms with E-state index < -0.39 is 30.3 Å². The maximum Gasteiger partial charge on any atom is 0.410 e. The van der Waals surface area contributed by atoms with Crippen molar-refractivity contribution in [1.82, 2.24) is 19.6 Å². The van der Waals surface area contributed by atoms with Crippen LogP contribution in [0.4, 0.5) is 23.8 Å². The lowest BCUT2D eigenvalue weighted by molar-refractivity contribution is -0.173. The molecule has 0 aliphatic carbocycles. The van der Waals surface area contributed by atoms with E-state index in [1.807, 2.05) is 31.2 Å². The lowest BCUT2D eigenvalue weighted by Gasteiger charge is -2.33. The van der Waals surface area contributed by atoms with Crippen LogP contribution in [0.2, 0.25) is 0 Å². The summed E-state index contributed by atoms with van der Waals surface area (Å²) in [7, 11) is 0. The van der Waals surface area contributed by atoms with Crippen LogP contribution in [-0.4, -0.2) is 70.5 Å². The number of carbonyl (C=O) groups is 2. The van der Waals surface area contributed by atoms with Gasteiger partial charge in [0.15, 0.2) is 11.7 Å². The van der Waals surface area contributed by atoms with Gasteiger partial charge in [-0.05, 0) is 19.4 Å². The van der Waals surface area contributed by atoms with E-state index in [1.165, 1.54) is 15.9 Å². The van der Waals surface area contributed by atoms with E-state index in [0.29, 0.717) is 0 Å². The van der Waals surface area contributed by atoms with Gasteiger partial charge in [0.2, 0.25) is 0 Å². The standard InChI is InChI=1S/C22H26F3N5O3/c1-3-33-21(32)29-10-8-28(9-11-29)20(31)17-13-19-26-16(15-6-4-14(2)5-7-15)12-18(22(23,24)25)30(19)27-17/h4-7,13,16,18,26H,3,8-12H2,1-2H3/t16-,18-/m1/s1. The Hall–Kier alpha value is -3.24. The molecule has 4 rings (SSSR count). The summed E-state index contributed by atoms with van der Waals surface area (Å²) in [4.78, 5) is 27.8. The second kappa shape index (κ2) is 8.95. The molecule has 178 valence electrons. The van der Waals surface area contributed by atoms with Gasteiger partial charge in [-0.2, -0.15) is 18.3 Å². The van der Waals surface area contributed by atoms with Gasteiger partial charge in [0.05, 0.1) is 12.6 Å². The fourth-order valence-electron chi connectivity index (χ4n) is 4.16. The first-order valence-electron chi connectivity index (χ1n) is 10.9. The number of halogens is 3. The van der Waals surface area contributed by atoms with Crippen molar-refractivity contribution in [1.29, 1.82) is 0 Å². The van der Waals surface area contributed by atoms with Crippen LogP contribution in [0.15, 0.2) is 30.3 Å². The van der Waals surface area contributed by atoms with Gasteiger partial charge in [-0.1, -0.05) is 29.8 Å². The van der Waals surface area contributed by atoms with Gasteiger partial charge in [0.1, 0.15) is 5.82 Å². The minimum atomic E-state index is -4.52. The highest BCUT2D eigenvalue weighted by molar-refractivity contribution is 5.93. The van der Waals surface area contributed by atoms with Crippen LogP contribution >= 0.6 is 0 Å². The Balaban J connectivity index is 1.53. The monoisotopic (exact) mass is 465 g/mol. The van der Waals surface area contributed by atoms with Gasteiger partial charge in [-0.3, -0.25) is 4.79 Å². The van der Waals surface area contributed by atoms with Crippen molar-refractivity contribution in [3.8, 4) is 0 Å². The van der Waals surface area contributed by atoms with Crippen LogP contribution in [0.3, 0.4) is 0 Å². The molecular weight excluding hydrogens is 439 g/mol. The predicted molar refractivity (Wildman–Crippen MR) is 114 cm³/mol. The number of amides is 2. The predicted octanol–water partition coefficient (Wildman–Crippen LogP) is 3.77. The van der Waals surface area contributed by atoms with Crippen molar-refractivity contribution in [3.63, 3.8) is 0 Å². The minimum Gasteiger partial charge on any atom is -0.450 e. The molecular formula is C22H26F3N5O3. The number of anilines is 1. The first-order chi connectivity index (χ1) is 15.7. The third-order valence-electron chi connectivity index (χ3n) is 5.98. The molecule has 2 aromatic rings. The van der Waals surface area contributed by atoms with Gasteiger partial charge in [-0.15, -0.1) is 0 Å². The number of benzene rings is 1. The molecule has 2 amide bonds. The zero-order chi connectivity index (χ0) is 23.8. The molecule has 1 saturated heterocycles. The van der Waals surface area contributed by atoms with Crippen molar-refractivity contribution < 1.29 is 27.5 Å². The zero-order valence-electron chi connectivity index (χ0n) is 18.4. The zero-order valence-corrected chi connectivity index (χ0v) is 18.4. The SMILES string of the molecule is CCOC(=O)N1CCN(C(=O)c2cc3n(n2)[C@@H](C(F)(F)F)C[C@H](c2ccc(C)cc2)N3)CC1. The van der Waals surface area contributed by atoms with Crippen LogP contribution in [0, 0.1) is 6.92 Å². The Morgan fingerprint density at radius 3 is 2.36 bits per heavy atom. The highest BCUT2D eigenvalue weighted by atomic mass is 19.4. The summed E-state index contributed by atoms with van der Waals surface area (Å²) in [6.45, 7) is 4.97. The molecule has 11 heteroatoms. The second-order valence-electron chi connectivity index (χ2n) is 8.24. The van der Waals surface area contributed by atoms with Crippen molar-refractivity contribution in [2.45, 2.75) is 38.5 Å². The molecule has 1 fully saturated rings. The summed E-state index contributed by atoms with van der Waals surface area (Å²) < 4.78 is 47.5. The molecule has 1 aromatic carbocycles. The quantitative estimate of drug-likeness (QED) is 0.747. The van der Waals surface area contributed by atoms with E-state index >= 15 is 0 Å². The largest absolute Gasteiger partial charge is 0.450 e. The van der Waals surface area contributed by atoms with Crippen molar-refractivity contribution in [3.05, 3.63) is 47.2 Å². The fourth-order valence-corrected chi connectivity index (χ4v) is 4.16. The Labute approximate surface area is 189 Å². The minimum absolute atomic E-state index is 0.0547. The van der Waals surface area contributed by atoms with Crippen molar-refractivity contribution >= 4 is 17.8 Å². The number of nitrogens with one attached hydrogen (secondary N) is 1. The molecule has 0 saturated carbocycles. The van der Waals surface area contributed by atoms with Gasteiger partial charge in [0.25, 0.3) is 5.91 Å². The molecule has 33 heavy (non-hydrogen) atoms. The number of alkyl halides is 3. The highest BCUT2D eigenvalue weighted by Gasteiger charge is 2.47. The third kappa shape index (κ3) is 4.76. The van der Waals surface area contributed by atoms with E-state index in [-0.39, 0.29) is 50.7 Å². The van der Waals surface area contributed by atoms with Crippen LogP contribution < -0.4 is 5.32 Å². The third-order valence-corrected chi connectivity index (χ3v) is 5.98. The Morgan fingerprint density at radius 1 is 1.12 bits per heavy atom. The maximum absolute atomic E-state index is 13.9. The number of rotatable bonds is 3. The van der Waals surface area contributed by atoms with E-state index in [4.69, 9.17) is 4.74 Å². The number of aryl methyl sites for hydroxylation is 1. The van der Waals surface area contributed by atoms with Crippen LogP contribution in [0.25, 0.3) is 0 Å². The second-order valence-corrected chi connectivity index (χ2v) is 8.24. The molecule has 0 unspecified atom stereocenters. The molecule has 8 nitrogen and oxygen atoms in total. The van der Waals surface area contributed by atoms with Crippen LogP contribution in [0.5, 0.6) is 0 Å². The molecule has 0 bridgehead atoms. The number of fused-ring (bicyclic) bond motifs is 1. The number of carbonyl (C=O) groups excluding carboxylic acids is 2. The van der Waals surface area contributed by atoms with Crippen molar-refractivity contribution in [2.75, 3.05) is 38.1 Å². The Kier molecular flexibility index (Phi) is 6.22. The van der Waals surface area contributed by atoms with Crippen LogP contribution in [-0.2, 0) is 4.74 Å². The lowest BCUT2D eigenvalue weighted by atomic mass is 9.96. The molecule has 1 N–H and O–H groups in total. The van der Waals surface area contributed by atoms with Gasteiger partial charge in [-0.25, -0.2) is 9.48 Å². The summed E-state index contributed by atoms with van der Waals surface area (Å²) in [6.07, 6.45) is -5.19. The van der Waals surface area contributed by atoms with E-state index in [1.54, 1.807) is 6.92 Å². The number of aromatic nitrogens is 2. The smallest absolute Gasteiger partial charge is 0.410 e. The average Bonchev–Trinajstić information content (AvgIpc) is 3.22. The Bertz CT molecular complexity index is 1010. The topological polar surface area (TPSA) is 79.7 Å². The molecule has 2 aliphatic heterocycles. The van der Waals surface area contributed by atoms with E-state index in [0.717, 1.165) is 15.8 Å². The summed E-state index contributed by atoms with van der Waals surface area (Å²) >= 11 is 0. The number of piperazine rings is 1. The lowest BCUT2D eigenvalue weighted by Crippen LogP contribution is -2.50. The molecule has 2 aliphatic rings. The normalized spacial score (nSPS) is 20.8. The highest BCUT2D eigenvalue weighted by Crippen LogP contribution is 2.43. The fraction of sp³-hybridized carbons (Fsp3) is 0.500. The Morgan fingerprint density at radius 2 is 1.76 bits per heavy atom. The van der Waals surface area contributed by atoms with Gasteiger partial charge in [0, 0.05) is 38.7 Å². The summed E-state index contributed by atoms with van der Waals surface area (Å²) in [5, 5.41) is 7.15. The summed E-state index contributed by atoms with van der Waals surface area (Å²) in [5.41, 5.74) is 1.70. The van der Waals surface area contributed by atoms with E-state index in [9.17, 15) is 22.8 Å². The molecule has 2 atom stereocenters. The van der Waals surface area contributed by atoms with Gasteiger partial charge >= 0.3 is 12.3 Å². The number of ether oxygens (including phenoxy) is 1. The van der Waals surface area contributed by atoms with E-state index in [2.05, 4.69) is 10.4 Å². The number of hydrogen-bond donors (Lipinski definition) is 1. The van der Waals surface area contributed by atoms with Gasteiger partial charge < -0.3 is 19.9 Å². The van der Waals surface area contributed by atoms with Crippen molar-refractivity contribution in [2.24, 2.45) is 0 Å². The summed E-state index contributed by atoms with van der Waals surface area (Å²) in [6, 6.07) is 6.30. The molecule has 0 spiro atoms. The summed E-state index contributed by atoms with van der Waals surface area (Å²) in [5.74, 6) is -0.308.